The first-order chi connectivity index (χ1) is 9.60. The van der Waals surface area contributed by atoms with Crippen LogP contribution < -0.4 is 11.5 Å². The third-order valence-corrected chi connectivity index (χ3v) is 2.75. The van der Waals surface area contributed by atoms with Crippen LogP contribution in [0.4, 0.5) is 11.4 Å². The van der Waals surface area contributed by atoms with Gasteiger partial charge in [-0.1, -0.05) is 12.1 Å². The second-order valence-electron chi connectivity index (χ2n) is 4.23. The predicted molar refractivity (Wildman–Crippen MR) is 75.5 cm³/mol. The zero-order chi connectivity index (χ0) is 14.5. The number of benzene rings is 2. The summed E-state index contributed by atoms with van der Waals surface area (Å²) in [5.41, 5.74) is 13.7. The zero-order valence-corrected chi connectivity index (χ0v) is 10.7. The highest BCUT2D eigenvalue weighted by atomic mass is 16.5. The van der Waals surface area contributed by atoms with Crippen LogP contribution in [0.2, 0.25) is 0 Å². The van der Waals surface area contributed by atoms with Crippen LogP contribution in [0.1, 0.15) is 21.5 Å². The van der Waals surface area contributed by atoms with Crippen molar-refractivity contribution in [2.75, 3.05) is 11.5 Å². The predicted octanol–water partition coefficient (Wildman–Crippen LogP) is 2.08. The molecule has 0 aliphatic carbocycles. The smallest absolute Gasteiger partial charge is 0.340 e. The Morgan fingerprint density at radius 2 is 1.85 bits per heavy atom. The Balaban J connectivity index is 2.03. The summed E-state index contributed by atoms with van der Waals surface area (Å²) in [4.78, 5) is 11.9. The van der Waals surface area contributed by atoms with Gasteiger partial charge in [0.1, 0.15) is 6.61 Å². The Bertz CT molecular complexity index is 673. The van der Waals surface area contributed by atoms with Gasteiger partial charge < -0.3 is 16.2 Å². The van der Waals surface area contributed by atoms with Crippen LogP contribution in [-0.2, 0) is 11.3 Å². The fourth-order valence-electron chi connectivity index (χ4n) is 1.67. The van der Waals surface area contributed by atoms with Crippen molar-refractivity contribution in [3.63, 3.8) is 0 Å². The Hall–Kier alpha value is -3.00. The fourth-order valence-corrected chi connectivity index (χ4v) is 1.67. The summed E-state index contributed by atoms with van der Waals surface area (Å²) in [6.07, 6.45) is 0. The largest absolute Gasteiger partial charge is 0.457 e. The maximum atomic E-state index is 11.9. The molecule has 2 rings (SSSR count). The van der Waals surface area contributed by atoms with Gasteiger partial charge in [0, 0.05) is 11.4 Å². The third kappa shape index (κ3) is 3.06. The molecule has 0 heterocycles. The van der Waals surface area contributed by atoms with Gasteiger partial charge in [0.25, 0.3) is 0 Å². The standard InChI is InChI=1S/C15H13N3O2/c16-8-10-1-3-11(4-2-10)9-20-15(19)13-6-5-12(17)7-14(13)18/h1-7H,9,17-18H2. The van der Waals surface area contributed by atoms with Gasteiger partial charge in [-0.05, 0) is 35.9 Å². The molecule has 2 aromatic carbocycles. The van der Waals surface area contributed by atoms with Crippen molar-refractivity contribution in [1.29, 1.82) is 5.26 Å². The number of hydrogen-bond donors (Lipinski definition) is 2. The molecular formula is C15H13N3O2. The molecule has 0 unspecified atom stereocenters. The monoisotopic (exact) mass is 267 g/mol. The number of rotatable bonds is 3. The van der Waals surface area contributed by atoms with Crippen LogP contribution in [0.5, 0.6) is 0 Å². The molecule has 0 aliphatic heterocycles. The van der Waals surface area contributed by atoms with Crippen LogP contribution in [0, 0.1) is 11.3 Å². The number of carbonyl (C=O) groups excluding carboxylic acids is 1. The summed E-state index contributed by atoms with van der Waals surface area (Å²) in [5, 5.41) is 8.69. The van der Waals surface area contributed by atoms with Crippen molar-refractivity contribution < 1.29 is 9.53 Å². The first kappa shape index (κ1) is 13.4. The molecule has 5 nitrogen and oxygen atoms in total. The fraction of sp³-hybridized carbons (Fsp3) is 0.0667. The summed E-state index contributed by atoms with van der Waals surface area (Å²) in [6.45, 7) is 0.119. The van der Waals surface area contributed by atoms with E-state index in [0.717, 1.165) is 5.56 Å². The Labute approximate surface area is 116 Å². The lowest BCUT2D eigenvalue weighted by atomic mass is 10.1. The van der Waals surface area contributed by atoms with Crippen molar-refractivity contribution >= 4 is 17.3 Å². The van der Waals surface area contributed by atoms with E-state index < -0.39 is 5.97 Å². The minimum absolute atomic E-state index is 0.119. The normalized spacial score (nSPS) is 9.75. The van der Waals surface area contributed by atoms with Crippen molar-refractivity contribution in [1.82, 2.24) is 0 Å². The van der Waals surface area contributed by atoms with Gasteiger partial charge in [-0.2, -0.15) is 5.26 Å². The molecule has 0 spiro atoms. The summed E-state index contributed by atoms with van der Waals surface area (Å²) in [6, 6.07) is 13.5. The van der Waals surface area contributed by atoms with Crippen LogP contribution in [0.25, 0.3) is 0 Å². The molecule has 0 saturated heterocycles. The van der Waals surface area contributed by atoms with Crippen LogP contribution in [0.15, 0.2) is 42.5 Å². The highest BCUT2D eigenvalue weighted by molar-refractivity contribution is 5.95. The molecular weight excluding hydrogens is 254 g/mol. The summed E-state index contributed by atoms with van der Waals surface area (Å²) in [5.74, 6) is -0.508. The molecule has 0 aromatic heterocycles. The number of anilines is 2. The Morgan fingerprint density at radius 3 is 2.45 bits per heavy atom. The first-order valence-corrected chi connectivity index (χ1v) is 5.91. The highest BCUT2D eigenvalue weighted by Crippen LogP contribution is 2.17. The number of nitrogens with zero attached hydrogens (tertiary/aromatic N) is 1. The topological polar surface area (TPSA) is 102 Å². The highest BCUT2D eigenvalue weighted by Gasteiger charge is 2.11. The number of nitrogens with two attached hydrogens (primary N) is 2. The molecule has 0 aliphatic rings. The van der Waals surface area contributed by atoms with E-state index in [0.29, 0.717) is 11.3 Å². The van der Waals surface area contributed by atoms with Gasteiger partial charge in [0.15, 0.2) is 0 Å². The lowest BCUT2D eigenvalue weighted by Gasteiger charge is -2.07. The number of nitriles is 1. The van der Waals surface area contributed by atoms with E-state index in [-0.39, 0.29) is 17.9 Å². The van der Waals surface area contributed by atoms with Gasteiger partial charge in [-0.15, -0.1) is 0 Å². The quantitative estimate of drug-likeness (QED) is 0.654. The van der Waals surface area contributed by atoms with Gasteiger partial charge in [0.2, 0.25) is 0 Å². The average Bonchev–Trinajstić information content (AvgIpc) is 2.45. The van der Waals surface area contributed by atoms with E-state index in [4.69, 9.17) is 21.5 Å². The van der Waals surface area contributed by atoms with E-state index in [1.807, 2.05) is 6.07 Å². The lowest BCUT2D eigenvalue weighted by molar-refractivity contribution is 0.0474. The van der Waals surface area contributed by atoms with Gasteiger partial charge in [-0.3, -0.25) is 0 Å². The molecule has 0 atom stereocenters. The maximum absolute atomic E-state index is 11.9. The SMILES string of the molecule is N#Cc1ccc(COC(=O)c2ccc(N)cc2N)cc1. The van der Waals surface area contributed by atoms with Gasteiger partial charge in [-0.25, -0.2) is 4.79 Å². The number of ether oxygens (including phenoxy) is 1. The second kappa shape index (κ2) is 5.76. The third-order valence-electron chi connectivity index (χ3n) is 2.75. The van der Waals surface area contributed by atoms with Crippen molar-refractivity contribution in [2.24, 2.45) is 0 Å². The Morgan fingerprint density at radius 1 is 1.15 bits per heavy atom. The van der Waals surface area contributed by atoms with Crippen molar-refractivity contribution in [3.8, 4) is 6.07 Å². The van der Waals surface area contributed by atoms with Crippen molar-refractivity contribution in [2.45, 2.75) is 6.61 Å². The zero-order valence-electron chi connectivity index (χ0n) is 10.7. The first-order valence-electron chi connectivity index (χ1n) is 5.91. The van der Waals surface area contributed by atoms with E-state index in [2.05, 4.69) is 0 Å². The second-order valence-corrected chi connectivity index (χ2v) is 4.23. The molecule has 0 fully saturated rings. The van der Waals surface area contributed by atoms with Gasteiger partial charge in [0.05, 0.1) is 17.2 Å². The van der Waals surface area contributed by atoms with Crippen LogP contribution in [0.3, 0.4) is 0 Å². The van der Waals surface area contributed by atoms with Crippen LogP contribution in [-0.4, -0.2) is 5.97 Å². The molecule has 0 amide bonds. The molecule has 100 valence electrons. The number of carbonyl (C=O) groups is 1. The minimum Gasteiger partial charge on any atom is -0.457 e. The van der Waals surface area contributed by atoms with E-state index >= 15 is 0 Å². The van der Waals surface area contributed by atoms with Crippen molar-refractivity contribution in [3.05, 3.63) is 59.2 Å². The number of esters is 1. The molecule has 20 heavy (non-hydrogen) atoms. The number of hydrogen-bond acceptors (Lipinski definition) is 5. The van der Waals surface area contributed by atoms with E-state index in [1.54, 1.807) is 30.3 Å². The summed E-state index contributed by atoms with van der Waals surface area (Å²) >= 11 is 0. The van der Waals surface area contributed by atoms with E-state index in [1.165, 1.54) is 12.1 Å². The average molecular weight is 267 g/mol. The molecule has 0 bridgehead atoms. The van der Waals surface area contributed by atoms with E-state index in [9.17, 15) is 4.79 Å². The molecule has 5 heteroatoms. The number of nitrogen functional groups attached to an aromatic ring is 2. The molecule has 4 N–H and O–H groups in total. The Kier molecular flexibility index (Phi) is 3.87. The maximum Gasteiger partial charge on any atom is 0.340 e. The minimum atomic E-state index is -0.508. The summed E-state index contributed by atoms with van der Waals surface area (Å²) < 4.78 is 5.17. The van der Waals surface area contributed by atoms with Crippen LogP contribution >= 0.6 is 0 Å². The molecule has 0 saturated carbocycles. The lowest BCUT2D eigenvalue weighted by Crippen LogP contribution is -2.08. The summed E-state index contributed by atoms with van der Waals surface area (Å²) in [7, 11) is 0. The molecule has 2 aromatic rings. The van der Waals surface area contributed by atoms with Gasteiger partial charge >= 0.3 is 5.97 Å². The molecule has 0 radical (unpaired) electrons.